The summed E-state index contributed by atoms with van der Waals surface area (Å²) >= 11 is 1.61. The van der Waals surface area contributed by atoms with Gasteiger partial charge < -0.3 is 5.32 Å². The van der Waals surface area contributed by atoms with Gasteiger partial charge in [-0.1, -0.05) is 30.3 Å². The highest BCUT2D eigenvalue weighted by atomic mass is 32.1. The van der Waals surface area contributed by atoms with Crippen LogP contribution in [0.25, 0.3) is 28.0 Å². The van der Waals surface area contributed by atoms with Crippen LogP contribution in [0.1, 0.15) is 11.4 Å². The molecular weight excluding hydrogens is 408 g/mol. The quantitative estimate of drug-likeness (QED) is 0.417. The molecule has 152 valence electrons. The van der Waals surface area contributed by atoms with E-state index in [0.717, 1.165) is 27.5 Å². The maximum Gasteiger partial charge on any atom is 0.244 e. The van der Waals surface area contributed by atoms with Crippen molar-refractivity contribution < 1.29 is 4.79 Å². The number of pyridine rings is 1. The topological polar surface area (TPSA) is 77.1 Å². The van der Waals surface area contributed by atoms with Gasteiger partial charge in [0.15, 0.2) is 11.5 Å². The van der Waals surface area contributed by atoms with E-state index in [9.17, 15) is 4.79 Å². The number of amides is 1. The predicted molar refractivity (Wildman–Crippen MR) is 121 cm³/mol. The van der Waals surface area contributed by atoms with Crippen molar-refractivity contribution in [2.45, 2.75) is 6.54 Å². The summed E-state index contributed by atoms with van der Waals surface area (Å²) in [6.45, 7) is 0.287. The SMILES string of the molecule is O=C(/C=C/c1cn(-c2ccccc2)nc1-c1cccs1)NCc1nnc2ccccn12. The van der Waals surface area contributed by atoms with Crippen molar-refractivity contribution in [3.63, 3.8) is 0 Å². The molecule has 0 bridgehead atoms. The van der Waals surface area contributed by atoms with Gasteiger partial charge in [0, 0.05) is 24.0 Å². The molecule has 4 aromatic heterocycles. The van der Waals surface area contributed by atoms with Crippen LogP contribution in [-0.4, -0.2) is 30.3 Å². The van der Waals surface area contributed by atoms with Crippen LogP contribution in [-0.2, 0) is 11.3 Å². The highest BCUT2D eigenvalue weighted by Gasteiger charge is 2.12. The monoisotopic (exact) mass is 426 g/mol. The second-order valence-electron chi connectivity index (χ2n) is 6.79. The fraction of sp³-hybridized carbons (Fsp3) is 0.0435. The van der Waals surface area contributed by atoms with E-state index in [-0.39, 0.29) is 12.5 Å². The molecule has 8 heteroatoms. The van der Waals surface area contributed by atoms with Crippen molar-refractivity contribution in [2.24, 2.45) is 0 Å². The summed E-state index contributed by atoms with van der Waals surface area (Å²) in [5.74, 6) is 0.464. The Morgan fingerprint density at radius 3 is 2.74 bits per heavy atom. The largest absolute Gasteiger partial charge is 0.345 e. The van der Waals surface area contributed by atoms with E-state index >= 15 is 0 Å². The number of nitrogens with one attached hydrogen (secondary N) is 1. The third kappa shape index (κ3) is 4.01. The van der Waals surface area contributed by atoms with E-state index in [2.05, 4.69) is 15.5 Å². The average molecular weight is 427 g/mol. The standard InChI is InChI=1S/C23H18N6OS/c30-22(24-15-21-26-25-20-10-4-5-13-28(20)21)12-11-17-16-29(18-7-2-1-3-8-18)27-23(17)19-9-6-14-31-19/h1-14,16H,15H2,(H,24,30)/b12-11+. The van der Waals surface area contributed by atoms with Crippen molar-refractivity contribution in [1.29, 1.82) is 0 Å². The number of carbonyl (C=O) groups is 1. The molecule has 0 aliphatic carbocycles. The summed E-state index contributed by atoms with van der Waals surface area (Å²) in [7, 11) is 0. The molecule has 4 heterocycles. The van der Waals surface area contributed by atoms with E-state index in [4.69, 9.17) is 5.10 Å². The number of thiophene rings is 1. The van der Waals surface area contributed by atoms with Crippen molar-refractivity contribution >= 4 is 29.0 Å². The zero-order chi connectivity index (χ0) is 21.0. The number of aromatic nitrogens is 5. The molecular formula is C23H18N6OS. The van der Waals surface area contributed by atoms with Crippen LogP contribution in [0.3, 0.4) is 0 Å². The minimum atomic E-state index is -0.211. The summed E-state index contributed by atoms with van der Waals surface area (Å²) in [5.41, 5.74) is 3.42. The van der Waals surface area contributed by atoms with E-state index in [1.54, 1.807) is 17.4 Å². The van der Waals surface area contributed by atoms with Crippen molar-refractivity contribution in [3.8, 4) is 16.3 Å². The fourth-order valence-corrected chi connectivity index (χ4v) is 3.96. The number of nitrogens with zero attached hydrogens (tertiary/aromatic N) is 5. The summed E-state index contributed by atoms with van der Waals surface area (Å²) in [5, 5.41) is 17.9. The van der Waals surface area contributed by atoms with Gasteiger partial charge in [0.25, 0.3) is 0 Å². The third-order valence-corrected chi connectivity index (χ3v) is 5.61. The number of carbonyl (C=O) groups excluding carboxylic acids is 1. The van der Waals surface area contributed by atoms with Crippen molar-refractivity contribution in [2.75, 3.05) is 0 Å². The summed E-state index contributed by atoms with van der Waals surface area (Å²) < 4.78 is 3.68. The molecule has 31 heavy (non-hydrogen) atoms. The van der Waals surface area contributed by atoms with Gasteiger partial charge in [-0.3, -0.25) is 9.20 Å². The van der Waals surface area contributed by atoms with Crippen molar-refractivity contribution in [3.05, 3.63) is 95.9 Å². The zero-order valence-electron chi connectivity index (χ0n) is 16.4. The summed E-state index contributed by atoms with van der Waals surface area (Å²) in [6.07, 6.45) is 7.11. The third-order valence-electron chi connectivity index (χ3n) is 4.74. The highest BCUT2D eigenvalue weighted by Crippen LogP contribution is 2.28. The lowest BCUT2D eigenvalue weighted by atomic mass is 10.2. The molecule has 0 unspecified atom stereocenters. The molecule has 1 aromatic carbocycles. The van der Waals surface area contributed by atoms with Crippen LogP contribution < -0.4 is 5.32 Å². The van der Waals surface area contributed by atoms with Crippen LogP contribution in [0, 0.1) is 0 Å². The van der Waals surface area contributed by atoms with Gasteiger partial charge >= 0.3 is 0 Å². The Morgan fingerprint density at radius 1 is 1.03 bits per heavy atom. The lowest BCUT2D eigenvalue weighted by Gasteiger charge is -2.01. The predicted octanol–water partition coefficient (Wildman–Crippen LogP) is 3.97. The number of benzene rings is 1. The Hall–Kier alpha value is -4.04. The Morgan fingerprint density at radius 2 is 1.90 bits per heavy atom. The number of fused-ring (bicyclic) bond motifs is 1. The number of para-hydroxylation sites is 1. The molecule has 0 saturated heterocycles. The van der Waals surface area contributed by atoms with Crippen LogP contribution in [0.4, 0.5) is 0 Å². The lowest BCUT2D eigenvalue weighted by molar-refractivity contribution is -0.116. The van der Waals surface area contributed by atoms with Crippen LogP contribution in [0.15, 0.2) is 84.5 Å². The first kappa shape index (κ1) is 19.0. The summed E-state index contributed by atoms with van der Waals surface area (Å²) in [4.78, 5) is 13.5. The normalized spacial score (nSPS) is 11.4. The van der Waals surface area contributed by atoms with E-state index in [1.165, 1.54) is 6.08 Å². The van der Waals surface area contributed by atoms with E-state index in [0.29, 0.717) is 5.82 Å². The molecule has 1 N–H and O–H groups in total. The second-order valence-corrected chi connectivity index (χ2v) is 7.73. The number of hydrogen-bond donors (Lipinski definition) is 1. The van der Waals surface area contributed by atoms with Gasteiger partial charge in [0.2, 0.25) is 5.91 Å². The Labute approximate surface area is 182 Å². The minimum absolute atomic E-state index is 0.211. The molecule has 0 spiro atoms. The summed E-state index contributed by atoms with van der Waals surface area (Å²) in [6, 6.07) is 19.6. The Kier molecular flexibility index (Phi) is 5.12. The fourth-order valence-electron chi connectivity index (χ4n) is 3.23. The first-order chi connectivity index (χ1) is 15.3. The maximum atomic E-state index is 12.4. The zero-order valence-corrected chi connectivity index (χ0v) is 17.2. The van der Waals surface area contributed by atoms with Gasteiger partial charge in [-0.15, -0.1) is 21.5 Å². The molecule has 0 aliphatic heterocycles. The molecule has 0 fully saturated rings. The maximum absolute atomic E-state index is 12.4. The Bertz CT molecular complexity index is 1350. The van der Waals surface area contributed by atoms with Gasteiger partial charge in [0.05, 0.1) is 17.1 Å². The van der Waals surface area contributed by atoms with Gasteiger partial charge in [-0.05, 0) is 41.8 Å². The van der Waals surface area contributed by atoms with Crippen molar-refractivity contribution in [1.82, 2.24) is 29.7 Å². The molecule has 7 nitrogen and oxygen atoms in total. The molecule has 0 saturated carbocycles. The van der Waals surface area contributed by atoms with Gasteiger partial charge in [-0.25, -0.2) is 4.68 Å². The second kappa shape index (κ2) is 8.37. The van der Waals surface area contributed by atoms with Gasteiger partial charge in [0.1, 0.15) is 5.69 Å². The highest BCUT2D eigenvalue weighted by molar-refractivity contribution is 7.13. The van der Waals surface area contributed by atoms with Crippen LogP contribution in [0.5, 0.6) is 0 Å². The molecule has 0 aliphatic rings. The molecule has 1 amide bonds. The van der Waals surface area contributed by atoms with Crippen LogP contribution >= 0.6 is 11.3 Å². The molecule has 0 radical (unpaired) electrons. The molecule has 5 aromatic rings. The molecule has 0 atom stereocenters. The average Bonchev–Trinajstić information content (AvgIpc) is 3.56. The van der Waals surface area contributed by atoms with Crippen LogP contribution in [0.2, 0.25) is 0 Å². The molecule has 5 rings (SSSR count). The smallest absolute Gasteiger partial charge is 0.244 e. The Balaban J connectivity index is 1.36. The first-order valence-electron chi connectivity index (χ1n) is 9.71. The lowest BCUT2D eigenvalue weighted by Crippen LogP contribution is -2.21. The van der Waals surface area contributed by atoms with Gasteiger partial charge in [-0.2, -0.15) is 5.10 Å². The van der Waals surface area contributed by atoms with E-state index in [1.807, 2.05) is 87.5 Å². The number of rotatable bonds is 6. The first-order valence-corrected chi connectivity index (χ1v) is 10.6. The minimum Gasteiger partial charge on any atom is -0.345 e. The van der Waals surface area contributed by atoms with E-state index < -0.39 is 0 Å². The number of hydrogen-bond acceptors (Lipinski definition) is 5.